The van der Waals surface area contributed by atoms with E-state index in [1.807, 2.05) is 12.1 Å². The minimum absolute atomic E-state index is 0.426. The first-order valence-corrected chi connectivity index (χ1v) is 10.9. The minimum atomic E-state index is 0.426. The highest BCUT2D eigenvalue weighted by molar-refractivity contribution is 6.39. The molecule has 0 unspecified atom stereocenters. The summed E-state index contributed by atoms with van der Waals surface area (Å²) in [6.07, 6.45) is 2.10. The zero-order valence-electron chi connectivity index (χ0n) is 16.0. The summed E-state index contributed by atoms with van der Waals surface area (Å²) in [6, 6.07) is 18.3. The lowest BCUT2D eigenvalue weighted by molar-refractivity contribution is 0.533. The smallest absolute Gasteiger partial charge is 0.205 e. The Labute approximate surface area is 189 Å². The number of nitrogens with zero attached hydrogens (tertiary/aromatic N) is 1. The van der Waals surface area contributed by atoms with Gasteiger partial charge in [0.05, 0.1) is 26.8 Å². The van der Waals surface area contributed by atoms with Crippen molar-refractivity contribution < 1.29 is 0 Å². The standard InChI is InChI=1S/C23H19Cl3N4/c24-17-6-3-7-18(25)22(17)30-23-28-20-10-15(19(26)11-21(20)29-23)12-27-16-8-13-4-1-2-5-14(13)9-16/h1-7,10-11,16,27H,8-9,12H2,(H2,28,29,30). The van der Waals surface area contributed by atoms with Crippen LogP contribution < -0.4 is 10.6 Å². The molecule has 1 aliphatic rings. The topological polar surface area (TPSA) is 52.7 Å². The van der Waals surface area contributed by atoms with Crippen molar-refractivity contribution >= 4 is 57.5 Å². The third kappa shape index (κ3) is 3.88. The lowest BCUT2D eigenvalue weighted by atomic mass is 10.1. The van der Waals surface area contributed by atoms with Crippen molar-refractivity contribution in [3.8, 4) is 0 Å². The quantitative estimate of drug-likeness (QED) is 0.319. The Kier molecular flexibility index (Phi) is 5.34. The van der Waals surface area contributed by atoms with Crippen LogP contribution in [0.5, 0.6) is 0 Å². The number of benzene rings is 3. The molecule has 0 aliphatic heterocycles. The molecule has 7 heteroatoms. The van der Waals surface area contributed by atoms with Gasteiger partial charge in [-0.3, -0.25) is 0 Å². The summed E-state index contributed by atoms with van der Waals surface area (Å²) in [5.74, 6) is 0.562. The van der Waals surface area contributed by atoms with Gasteiger partial charge in [-0.15, -0.1) is 0 Å². The molecule has 0 saturated heterocycles. The first kappa shape index (κ1) is 19.7. The van der Waals surface area contributed by atoms with Gasteiger partial charge < -0.3 is 15.6 Å². The zero-order chi connectivity index (χ0) is 20.7. The summed E-state index contributed by atoms with van der Waals surface area (Å²) in [5, 5.41) is 8.56. The Morgan fingerprint density at radius 3 is 2.30 bits per heavy atom. The Bertz CT molecular complexity index is 1190. The first-order valence-electron chi connectivity index (χ1n) is 9.76. The van der Waals surface area contributed by atoms with Gasteiger partial charge in [0.25, 0.3) is 0 Å². The van der Waals surface area contributed by atoms with Gasteiger partial charge in [0.2, 0.25) is 5.95 Å². The van der Waals surface area contributed by atoms with E-state index < -0.39 is 0 Å². The number of aromatic nitrogens is 2. The molecule has 1 aromatic heterocycles. The summed E-state index contributed by atoms with van der Waals surface area (Å²) in [7, 11) is 0. The van der Waals surface area contributed by atoms with Crippen molar-refractivity contribution in [3.63, 3.8) is 0 Å². The highest BCUT2D eigenvalue weighted by Crippen LogP contribution is 2.33. The van der Waals surface area contributed by atoms with E-state index in [0.717, 1.165) is 29.4 Å². The number of aromatic amines is 1. The van der Waals surface area contributed by atoms with Crippen molar-refractivity contribution in [1.29, 1.82) is 0 Å². The molecule has 4 nitrogen and oxygen atoms in total. The summed E-state index contributed by atoms with van der Waals surface area (Å²) >= 11 is 19.0. The summed E-state index contributed by atoms with van der Waals surface area (Å²) < 4.78 is 0. The third-order valence-corrected chi connectivity index (χ3v) is 6.47. The highest BCUT2D eigenvalue weighted by atomic mass is 35.5. The van der Waals surface area contributed by atoms with E-state index in [1.54, 1.807) is 18.2 Å². The van der Waals surface area contributed by atoms with Crippen LogP contribution in [0.2, 0.25) is 15.1 Å². The van der Waals surface area contributed by atoms with Crippen LogP contribution >= 0.6 is 34.8 Å². The third-order valence-electron chi connectivity index (χ3n) is 5.49. The van der Waals surface area contributed by atoms with E-state index in [2.05, 4.69) is 44.9 Å². The van der Waals surface area contributed by atoms with Gasteiger partial charge in [0, 0.05) is 17.6 Å². The number of para-hydroxylation sites is 1. The van der Waals surface area contributed by atoms with Crippen molar-refractivity contribution in [2.45, 2.75) is 25.4 Å². The second-order valence-corrected chi connectivity index (χ2v) is 8.74. The van der Waals surface area contributed by atoms with Gasteiger partial charge >= 0.3 is 0 Å². The molecule has 0 bridgehead atoms. The molecule has 30 heavy (non-hydrogen) atoms. The molecule has 0 fully saturated rings. The van der Waals surface area contributed by atoms with E-state index in [4.69, 9.17) is 34.8 Å². The Morgan fingerprint density at radius 1 is 0.900 bits per heavy atom. The van der Waals surface area contributed by atoms with Gasteiger partial charge in [-0.05, 0) is 53.8 Å². The number of nitrogens with one attached hydrogen (secondary N) is 3. The lowest BCUT2D eigenvalue weighted by Crippen LogP contribution is -2.29. The van der Waals surface area contributed by atoms with Crippen LogP contribution in [-0.2, 0) is 19.4 Å². The van der Waals surface area contributed by atoms with E-state index in [-0.39, 0.29) is 0 Å². The first-order chi connectivity index (χ1) is 14.6. The highest BCUT2D eigenvalue weighted by Gasteiger charge is 2.20. The normalized spacial score (nSPS) is 13.7. The van der Waals surface area contributed by atoms with Crippen molar-refractivity contribution in [2.75, 3.05) is 5.32 Å². The fraction of sp³-hybridized carbons (Fsp3) is 0.174. The van der Waals surface area contributed by atoms with E-state index in [9.17, 15) is 0 Å². The molecule has 0 radical (unpaired) electrons. The predicted molar refractivity (Wildman–Crippen MR) is 125 cm³/mol. The molecule has 0 saturated carbocycles. The second-order valence-electron chi connectivity index (χ2n) is 7.52. The number of anilines is 2. The molecule has 3 aromatic carbocycles. The lowest BCUT2D eigenvalue weighted by Gasteiger charge is -2.13. The van der Waals surface area contributed by atoms with Crippen LogP contribution in [0.1, 0.15) is 16.7 Å². The Balaban J connectivity index is 1.33. The molecular weight excluding hydrogens is 439 g/mol. The summed E-state index contributed by atoms with van der Waals surface area (Å²) in [5.41, 5.74) is 6.19. The van der Waals surface area contributed by atoms with Crippen LogP contribution in [0.15, 0.2) is 54.6 Å². The number of imidazole rings is 1. The fourth-order valence-electron chi connectivity index (χ4n) is 3.96. The molecule has 0 atom stereocenters. The Morgan fingerprint density at radius 2 is 1.60 bits per heavy atom. The monoisotopic (exact) mass is 456 g/mol. The van der Waals surface area contributed by atoms with Gasteiger partial charge in [0.15, 0.2) is 0 Å². The number of hydrogen-bond donors (Lipinski definition) is 3. The SMILES string of the molecule is Clc1cc2nc(Nc3c(Cl)cccc3Cl)[nH]c2cc1CNC1Cc2ccccc2C1. The summed E-state index contributed by atoms with van der Waals surface area (Å²) in [4.78, 5) is 7.85. The largest absolute Gasteiger partial charge is 0.324 e. The van der Waals surface area contributed by atoms with E-state index >= 15 is 0 Å². The molecule has 1 heterocycles. The number of hydrogen-bond acceptors (Lipinski definition) is 3. The van der Waals surface area contributed by atoms with Crippen molar-refractivity contribution in [1.82, 2.24) is 15.3 Å². The summed E-state index contributed by atoms with van der Waals surface area (Å²) in [6.45, 7) is 0.700. The second kappa shape index (κ2) is 8.12. The number of fused-ring (bicyclic) bond motifs is 2. The molecule has 5 rings (SSSR count). The predicted octanol–water partition coefficient (Wildman–Crippen LogP) is 6.52. The molecule has 3 N–H and O–H groups in total. The van der Waals surface area contributed by atoms with Crippen LogP contribution in [-0.4, -0.2) is 16.0 Å². The Hall–Kier alpha value is -2.24. The molecular formula is C23H19Cl3N4. The van der Waals surface area contributed by atoms with Gasteiger partial charge in [-0.1, -0.05) is 65.1 Å². The molecule has 4 aromatic rings. The van der Waals surface area contributed by atoms with Crippen LogP contribution in [0, 0.1) is 0 Å². The van der Waals surface area contributed by atoms with Crippen LogP contribution in [0.3, 0.4) is 0 Å². The van der Waals surface area contributed by atoms with E-state index in [1.165, 1.54) is 11.1 Å². The van der Waals surface area contributed by atoms with Gasteiger partial charge in [0.1, 0.15) is 0 Å². The zero-order valence-corrected chi connectivity index (χ0v) is 18.2. The van der Waals surface area contributed by atoms with Gasteiger partial charge in [-0.25, -0.2) is 4.98 Å². The average molecular weight is 458 g/mol. The number of rotatable bonds is 5. The van der Waals surface area contributed by atoms with Crippen LogP contribution in [0.4, 0.5) is 11.6 Å². The number of H-pyrrole nitrogens is 1. The maximum absolute atomic E-state index is 6.54. The van der Waals surface area contributed by atoms with Gasteiger partial charge in [-0.2, -0.15) is 0 Å². The van der Waals surface area contributed by atoms with Crippen molar-refractivity contribution in [3.05, 3.63) is 86.4 Å². The maximum atomic E-state index is 6.54. The minimum Gasteiger partial charge on any atom is -0.324 e. The molecule has 0 amide bonds. The van der Waals surface area contributed by atoms with Crippen molar-refractivity contribution in [2.24, 2.45) is 0 Å². The molecule has 0 spiro atoms. The fourth-order valence-corrected chi connectivity index (χ4v) is 4.68. The maximum Gasteiger partial charge on any atom is 0.205 e. The van der Waals surface area contributed by atoms with E-state index in [0.29, 0.717) is 39.3 Å². The average Bonchev–Trinajstić information content (AvgIpc) is 3.31. The number of halogens is 3. The molecule has 1 aliphatic carbocycles. The molecule has 152 valence electrons. The van der Waals surface area contributed by atoms with Crippen LogP contribution in [0.25, 0.3) is 11.0 Å².